The van der Waals surface area contributed by atoms with Crippen molar-refractivity contribution < 1.29 is 14.7 Å². The van der Waals surface area contributed by atoms with Crippen molar-refractivity contribution in [2.45, 2.75) is 6.92 Å². The van der Waals surface area contributed by atoms with Gasteiger partial charge in [-0.15, -0.1) is 11.3 Å². The molecule has 2 N–H and O–H groups in total. The van der Waals surface area contributed by atoms with Crippen molar-refractivity contribution in [3.05, 3.63) is 71.1 Å². The van der Waals surface area contributed by atoms with E-state index < -0.39 is 5.97 Å². The average molecular weight is 337 g/mol. The number of anilines is 1. The van der Waals surface area contributed by atoms with E-state index in [9.17, 15) is 14.7 Å². The lowest BCUT2D eigenvalue weighted by Gasteiger charge is -2.11. The third-order valence-corrected chi connectivity index (χ3v) is 4.59. The molecule has 5 heteroatoms. The molecule has 0 saturated heterocycles. The van der Waals surface area contributed by atoms with E-state index in [1.807, 2.05) is 29.6 Å². The van der Waals surface area contributed by atoms with Gasteiger partial charge in [0.25, 0.3) is 5.91 Å². The van der Waals surface area contributed by atoms with Gasteiger partial charge in [-0.3, -0.25) is 4.79 Å². The van der Waals surface area contributed by atoms with Crippen LogP contribution in [0, 0.1) is 0 Å². The van der Waals surface area contributed by atoms with Crippen molar-refractivity contribution in [1.29, 1.82) is 0 Å². The predicted molar refractivity (Wildman–Crippen MR) is 97.5 cm³/mol. The summed E-state index contributed by atoms with van der Waals surface area (Å²) < 4.78 is 1.10. The number of carboxylic acid groups (broad SMARTS) is 1. The van der Waals surface area contributed by atoms with E-state index in [1.165, 1.54) is 6.07 Å². The number of aromatic carboxylic acids is 1. The van der Waals surface area contributed by atoms with Crippen LogP contribution in [0.5, 0.6) is 0 Å². The van der Waals surface area contributed by atoms with E-state index in [1.54, 1.807) is 42.5 Å². The molecule has 0 radical (unpaired) electrons. The van der Waals surface area contributed by atoms with Gasteiger partial charge in [0.1, 0.15) is 0 Å². The Morgan fingerprint density at radius 3 is 2.67 bits per heavy atom. The van der Waals surface area contributed by atoms with Gasteiger partial charge in [-0.2, -0.15) is 0 Å². The van der Waals surface area contributed by atoms with E-state index in [4.69, 9.17) is 0 Å². The minimum atomic E-state index is -1.08. The Morgan fingerprint density at radius 2 is 1.92 bits per heavy atom. The third-order valence-electron chi connectivity index (χ3n) is 3.71. The quantitative estimate of drug-likeness (QED) is 0.682. The summed E-state index contributed by atoms with van der Waals surface area (Å²) >= 11 is 1.61. The summed E-state index contributed by atoms with van der Waals surface area (Å²) in [5.74, 6) is -1.41. The van der Waals surface area contributed by atoms with Crippen LogP contribution in [-0.2, 0) is 4.79 Å². The molecule has 0 atom stereocenters. The lowest BCUT2D eigenvalue weighted by molar-refractivity contribution is -0.111. The standard InChI is InChI=1S/C19H15NO3S/c1-2-14(13-8-7-12-9-10-24-17(12)11-13)18(21)20-16-6-4-3-5-15(16)19(22)23/h2-11H,1H3,(H,20,21)(H,22,23). The molecular formula is C19H15NO3S. The summed E-state index contributed by atoms with van der Waals surface area (Å²) in [6.45, 7) is 1.79. The first kappa shape index (κ1) is 16.0. The van der Waals surface area contributed by atoms with Gasteiger partial charge in [0.15, 0.2) is 0 Å². The number of allylic oxidation sites excluding steroid dienone is 1. The van der Waals surface area contributed by atoms with Crippen LogP contribution >= 0.6 is 11.3 Å². The highest BCUT2D eigenvalue weighted by atomic mass is 32.1. The molecule has 1 aromatic heterocycles. The minimum absolute atomic E-state index is 0.0648. The van der Waals surface area contributed by atoms with Crippen LogP contribution < -0.4 is 5.32 Å². The highest BCUT2D eigenvalue weighted by molar-refractivity contribution is 7.17. The van der Waals surface area contributed by atoms with E-state index in [2.05, 4.69) is 5.32 Å². The number of fused-ring (bicyclic) bond motifs is 1. The van der Waals surface area contributed by atoms with Crippen molar-refractivity contribution in [3.63, 3.8) is 0 Å². The molecule has 3 aromatic rings. The largest absolute Gasteiger partial charge is 0.478 e. The lowest BCUT2D eigenvalue weighted by atomic mass is 10.0. The van der Waals surface area contributed by atoms with Crippen LogP contribution in [0.25, 0.3) is 15.7 Å². The maximum Gasteiger partial charge on any atom is 0.337 e. The van der Waals surface area contributed by atoms with Gasteiger partial charge in [-0.05, 0) is 47.5 Å². The molecule has 4 nitrogen and oxygen atoms in total. The molecular weight excluding hydrogens is 322 g/mol. The number of hydrogen-bond donors (Lipinski definition) is 2. The van der Waals surface area contributed by atoms with Crippen LogP contribution in [0.15, 0.2) is 60.0 Å². The number of carbonyl (C=O) groups excluding carboxylic acids is 1. The molecule has 0 saturated carbocycles. The van der Waals surface area contributed by atoms with Crippen LogP contribution in [0.2, 0.25) is 0 Å². The van der Waals surface area contributed by atoms with E-state index in [0.29, 0.717) is 5.57 Å². The van der Waals surface area contributed by atoms with Crippen molar-refractivity contribution in [3.8, 4) is 0 Å². The number of para-hydroxylation sites is 1. The van der Waals surface area contributed by atoms with E-state index >= 15 is 0 Å². The van der Waals surface area contributed by atoms with E-state index in [-0.39, 0.29) is 17.2 Å². The number of carbonyl (C=O) groups is 2. The number of nitrogens with one attached hydrogen (secondary N) is 1. The van der Waals surface area contributed by atoms with Gasteiger partial charge < -0.3 is 10.4 Å². The fourth-order valence-electron chi connectivity index (χ4n) is 2.52. The molecule has 0 aliphatic heterocycles. The highest BCUT2D eigenvalue weighted by Crippen LogP contribution is 2.26. The maximum absolute atomic E-state index is 12.6. The zero-order chi connectivity index (χ0) is 17.1. The van der Waals surface area contributed by atoms with Gasteiger partial charge in [0.2, 0.25) is 0 Å². The molecule has 0 unspecified atom stereocenters. The van der Waals surface area contributed by atoms with Crippen molar-refractivity contribution >= 4 is 44.6 Å². The molecule has 0 aliphatic carbocycles. The summed E-state index contributed by atoms with van der Waals surface area (Å²) in [6.07, 6.45) is 1.73. The van der Waals surface area contributed by atoms with Gasteiger partial charge in [-0.1, -0.05) is 30.3 Å². The number of carboxylic acids is 1. The maximum atomic E-state index is 12.6. The number of rotatable bonds is 4. The Kier molecular flexibility index (Phi) is 4.44. The topological polar surface area (TPSA) is 66.4 Å². The summed E-state index contributed by atoms with van der Waals surface area (Å²) in [5, 5.41) is 15.1. The summed E-state index contributed by atoms with van der Waals surface area (Å²) in [7, 11) is 0. The van der Waals surface area contributed by atoms with Crippen LogP contribution in [0.3, 0.4) is 0 Å². The summed E-state index contributed by atoms with van der Waals surface area (Å²) in [5.41, 5.74) is 1.66. The van der Waals surface area contributed by atoms with Gasteiger partial charge in [0.05, 0.1) is 11.3 Å². The van der Waals surface area contributed by atoms with Crippen molar-refractivity contribution in [1.82, 2.24) is 0 Å². The Bertz CT molecular complexity index is 956. The highest BCUT2D eigenvalue weighted by Gasteiger charge is 2.16. The summed E-state index contributed by atoms with van der Waals surface area (Å²) in [6, 6.07) is 14.2. The number of thiophene rings is 1. The first-order valence-corrected chi connectivity index (χ1v) is 8.25. The van der Waals surface area contributed by atoms with Crippen LogP contribution in [0.4, 0.5) is 5.69 Å². The average Bonchev–Trinajstić information content (AvgIpc) is 3.03. The number of hydrogen-bond acceptors (Lipinski definition) is 3. The predicted octanol–water partition coefficient (Wildman–Crippen LogP) is 4.64. The van der Waals surface area contributed by atoms with Crippen molar-refractivity contribution in [2.75, 3.05) is 5.32 Å². The smallest absolute Gasteiger partial charge is 0.337 e. The molecule has 2 aromatic carbocycles. The normalized spacial score (nSPS) is 11.5. The van der Waals surface area contributed by atoms with Gasteiger partial charge in [-0.25, -0.2) is 4.79 Å². The third kappa shape index (κ3) is 3.07. The Labute approximate surface area is 143 Å². The molecule has 3 rings (SSSR count). The molecule has 0 spiro atoms. The Morgan fingerprint density at radius 1 is 1.12 bits per heavy atom. The first-order valence-electron chi connectivity index (χ1n) is 7.38. The molecule has 0 bridgehead atoms. The number of benzene rings is 2. The Balaban J connectivity index is 1.91. The Hall–Kier alpha value is -2.92. The molecule has 1 heterocycles. The molecule has 120 valence electrons. The van der Waals surface area contributed by atoms with Crippen molar-refractivity contribution in [2.24, 2.45) is 0 Å². The minimum Gasteiger partial charge on any atom is -0.478 e. The zero-order valence-electron chi connectivity index (χ0n) is 12.9. The fraction of sp³-hybridized carbons (Fsp3) is 0.0526. The SMILES string of the molecule is CC=C(C(=O)Nc1ccccc1C(=O)O)c1ccc2ccsc2c1. The molecule has 24 heavy (non-hydrogen) atoms. The summed E-state index contributed by atoms with van der Waals surface area (Å²) in [4.78, 5) is 23.9. The molecule has 0 aliphatic rings. The monoisotopic (exact) mass is 337 g/mol. The fourth-order valence-corrected chi connectivity index (χ4v) is 3.35. The second-order valence-corrected chi connectivity index (χ2v) is 6.13. The first-order chi connectivity index (χ1) is 11.6. The zero-order valence-corrected chi connectivity index (χ0v) is 13.8. The lowest BCUT2D eigenvalue weighted by Crippen LogP contribution is -2.16. The van der Waals surface area contributed by atoms with Gasteiger partial charge in [0, 0.05) is 10.3 Å². The van der Waals surface area contributed by atoms with Crippen LogP contribution in [-0.4, -0.2) is 17.0 Å². The second-order valence-electron chi connectivity index (χ2n) is 5.18. The molecule has 0 fully saturated rings. The van der Waals surface area contributed by atoms with Crippen LogP contribution in [0.1, 0.15) is 22.8 Å². The second kappa shape index (κ2) is 6.68. The molecule has 1 amide bonds. The number of amides is 1. The van der Waals surface area contributed by atoms with E-state index in [0.717, 1.165) is 15.6 Å². The van der Waals surface area contributed by atoms with Gasteiger partial charge >= 0.3 is 5.97 Å².